The van der Waals surface area contributed by atoms with E-state index in [9.17, 15) is 0 Å². The van der Waals surface area contributed by atoms with Crippen LogP contribution in [0.15, 0.2) is 48.7 Å². The molecule has 0 amide bonds. The Bertz CT molecular complexity index is 906. The highest BCUT2D eigenvalue weighted by Gasteiger charge is 2.11. The van der Waals surface area contributed by atoms with Gasteiger partial charge in [0.1, 0.15) is 17.3 Å². The summed E-state index contributed by atoms with van der Waals surface area (Å²) < 4.78 is 10.7. The third-order valence-corrected chi connectivity index (χ3v) is 3.94. The first-order valence-electron chi connectivity index (χ1n) is 8.87. The lowest BCUT2D eigenvalue weighted by atomic mass is 10.2. The van der Waals surface area contributed by atoms with Crippen LogP contribution in [-0.4, -0.2) is 47.4 Å². The van der Waals surface area contributed by atoms with Crippen LogP contribution in [0.3, 0.4) is 0 Å². The molecule has 0 unspecified atom stereocenters. The molecule has 0 fully saturated rings. The minimum absolute atomic E-state index is 0.0983. The second-order valence-electron chi connectivity index (χ2n) is 5.87. The highest BCUT2D eigenvalue weighted by atomic mass is 16.5. The summed E-state index contributed by atoms with van der Waals surface area (Å²) >= 11 is 0. The maximum Gasteiger partial charge on any atom is 0.225 e. The number of nitrogens with zero attached hydrogens (tertiary/aromatic N) is 3. The highest BCUT2D eigenvalue weighted by Crippen LogP contribution is 2.32. The van der Waals surface area contributed by atoms with E-state index < -0.39 is 0 Å². The number of rotatable bonds is 9. The number of hydrogen-bond donors (Lipinski definition) is 3. The Morgan fingerprint density at radius 2 is 1.89 bits per heavy atom. The summed E-state index contributed by atoms with van der Waals surface area (Å²) in [5, 5.41) is 15.4. The summed E-state index contributed by atoms with van der Waals surface area (Å²) in [7, 11) is 3.21. The number of hydrogen-bond acceptors (Lipinski definition) is 8. The predicted octanol–water partition coefficient (Wildman–Crippen LogP) is 3.09. The maximum absolute atomic E-state index is 9.00. The molecule has 0 radical (unpaired) electrons. The normalized spacial score (nSPS) is 10.4. The number of aliphatic hydroxyl groups excluding tert-OH is 1. The molecule has 28 heavy (non-hydrogen) atoms. The van der Waals surface area contributed by atoms with E-state index in [0.717, 1.165) is 11.4 Å². The van der Waals surface area contributed by atoms with Gasteiger partial charge in [0, 0.05) is 31.5 Å². The van der Waals surface area contributed by atoms with Gasteiger partial charge in [-0.3, -0.25) is 4.98 Å². The third kappa shape index (κ3) is 4.86. The summed E-state index contributed by atoms with van der Waals surface area (Å²) in [6.07, 6.45) is 2.32. The quantitative estimate of drug-likeness (QED) is 0.486. The number of anilines is 3. The molecule has 0 bridgehead atoms. The van der Waals surface area contributed by atoms with Crippen molar-refractivity contribution in [3.63, 3.8) is 0 Å². The van der Waals surface area contributed by atoms with Crippen LogP contribution < -0.4 is 20.1 Å². The average Bonchev–Trinajstić information content (AvgIpc) is 2.74. The monoisotopic (exact) mass is 381 g/mol. The SMILES string of the molecule is COc1ccc(Nc2cc(-c3ccccn3)nc(NCCCO)n2)c(OC)c1. The van der Waals surface area contributed by atoms with E-state index in [1.807, 2.05) is 36.4 Å². The average molecular weight is 381 g/mol. The van der Waals surface area contributed by atoms with Gasteiger partial charge < -0.3 is 25.2 Å². The summed E-state index contributed by atoms with van der Waals surface area (Å²) in [5.41, 5.74) is 2.16. The van der Waals surface area contributed by atoms with Crippen LogP contribution in [0, 0.1) is 0 Å². The molecular weight excluding hydrogens is 358 g/mol. The van der Waals surface area contributed by atoms with Gasteiger partial charge in [-0.1, -0.05) is 6.07 Å². The van der Waals surface area contributed by atoms with Gasteiger partial charge >= 0.3 is 0 Å². The molecule has 0 saturated heterocycles. The zero-order chi connectivity index (χ0) is 19.8. The Hall–Kier alpha value is -3.39. The summed E-state index contributed by atoms with van der Waals surface area (Å²) in [5.74, 6) is 2.37. The number of ether oxygens (including phenoxy) is 2. The van der Waals surface area contributed by atoms with Crippen molar-refractivity contribution in [3.8, 4) is 22.9 Å². The van der Waals surface area contributed by atoms with Crippen LogP contribution in [0.1, 0.15) is 6.42 Å². The standard InChI is InChI=1S/C20H23N5O3/c1-27-14-7-8-16(18(12-14)28-2)23-19-13-17(15-6-3-4-9-21-15)24-20(25-19)22-10-5-11-26/h3-4,6-9,12-13,26H,5,10-11H2,1-2H3,(H2,22,23,24,25). The van der Waals surface area contributed by atoms with Gasteiger partial charge in [-0.2, -0.15) is 4.98 Å². The van der Waals surface area contributed by atoms with Crippen molar-refractivity contribution in [2.75, 3.05) is 38.0 Å². The van der Waals surface area contributed by atoms with Gasteiger partial charge in [-0.05, 0) is 30.7 Å². The van der Waals surface area contributed by atoms with Crippen LogP contribution in [0.4, 0.5) is 17.5 Å². The largest absolute Gasteiger partial charge is 0.497 e. The molecule has 0 aliphatic heterocycles. The molecular formula is C20H23N5O3. The fourth-order valence-electron chi connectivity index (χ4n) is 2.55. The molecule has 2 aromatic heterocycles. The Kier molecular flexibility index (Phi) is 6.59. The molecule has 3 rings (SSSR count). The van der Waals surface area contributed by atoms with Gasteiger partial charge in [0.2, 0.25) is 5.95 Å². The topological polar surface area (TPSA) is 101 Å². The van der Waals surface area contributed by atoms with Gasteiger partial charge in [-0.25, -0.2) is 4.98 Å². The molecule has 3 N–H and O–H groups in total. The zero-order valence-electron chi connectivity index (χ0n) is 15.8. The molecule has 0 spiro atoms. The lowest BCUT2D eigenvalue weighted by Gasteiger charge is -2.14. The van der Waals surface area contributed by atoms with E-state index in [1.165, 1.54) is 0 Å². The minimum Gasteiger partial charge on any atom is -0.497 e. The van der Waals surface area contributed by atoms with Crippen LogP contribution in [0.5, 0.6) is 11.5 Å². The first-order chi connectivity index (χ1) is 13.7. The van der Waals surface area contributed by atoms with Crippen molar-refractivity contribution in [1.82, 2.24) is 15.0 Å². The van der Waals surface area contributed by atoms with Crippen molar-refractivity contribution in [1.29, 1.82) is 0 Å². The molecule has 8 nitrogen and oxygen atoms in total. The Morgan fingerprint density at radius 3 is 2.61 bits per heavy atom. The number of methoxy groups -OCH3 is 2. The van der Waals surface area contributed by atoms with E-state index >= 15 is 0 Å². The van der Waals surface area contributed by atoms with Crippen molar-refractivity contribution < 1.29 is 14.6 Å². The smallest absolute Gasteiger partial charge is 0.225 e. The predicted molar refractivity (Wildman–Crippen MR) is 108 cm³/mol. The van der Waals surface area contributed by atoms with Gasteiger partial charge in [-0.15, -0.1) is 0 Å². The number of aromatic nitrogens is 3. The molecule has 146 valence electrons. The summed E-state index contributed by atoms with van der Waals surface area (Å²) in [6, 6.07) is 13.0. The molecule has 2 heterocycles. The van der Waals surface area contributed by atoms with Crippen LogP contribution in [0.2, 0.25) is 0 Å². The summed E-state index contributed by atoms with van der Waals surface area (Å²) in [6.45, 7) is 0.661. The molecule has 0 saturated carbocycles. The number of nitrogens with one attached hydrogen (secondary N) is 2. The number of pyridine rings is 1. The van der Waals surface area contributed by atoms with Crippen molar-refractivity contribution in [2.24, 2.45) is 0 Å². The van der Waals surface area contributed by atoms with Crippen molar-refractivity contribution in [3.05, 3.63) is 48.7 Å². The first kappa shape index (κ1) is 19.4. The van der Waals surface area contributed by atoms with E-state index in [-0.39, 0.29) is 6.61 Å². The van der Waals surface area contributed by atoms with Crippen molar-refractivity contribution in [2.45, 2.75) is 6.42 Å². The number of benzene rings is 1. The van der Waals surface area contributed by atoms with E-state index in [1.54, 1.807) is 26.5 Å². The molecule has 8 heteroatoms. The van der Waals surface area contributed by atoms with Gasteiger partial charge in [0.25, 0.3) is 0 Å². The molecule has 0 aliphatic carbocycles. The second kappa shape index (κ2) is 9.52. The van der Waals surface area contributed by atoms with Crippen LogP contribution in [0.25, 0.3) is 11.4 Å². The second-order valence-corrected chi connectivity index (χ2v) is 5.87. The Labute approximate surface area is 163 Å². The van der Waals surface area contributed by atoms with Crippen LogP contribution >= 0.6 is 0 Å². The number of aliphatic hydroxyl groups is 1. The minimum atomic E-state index is 0.0983. The summed E-state index contributed by atoms with van der Waals surface area (Å²) in [4.78, 5) is 13.4. The zero-order valence-corrected chi connectivity index (χ0v) is 15.8. The lowest BCUT2D eigenvalue weighted by Crippen LogP contribution is -2.09. The maximum atomic E-state index is 9.00. The van der Waals surface area contributed by atoms with Gasteiger partial charge in [0.05, 0.1) is 31.3 Å². The molecule has 0 atom stereocenters. The Balaban J connectivity index is 1.94. The van der Waals surface area contributed by atoms with E-state index in [2.05, 4.69) is 25.6 Å². The van der Waals surface area contributed by atoms with E-state index in [4.69, 9.17) is 14.6 Å². The van der Waals surface area contributed by atoms with Gasteiger partial charge in [0.15, 0.2) is 0 Å². The lowest BCUT2D eigenvalue weighted by molar-refractivity contribution is 0.292. The fourth-order valence-corrected chi connectivity index (χ4v) is 2.55. The molecule has 1 aromatic carbocycles. The first-order valence-corrected chi connectivity index (χ1v) is 8.87. The highest BCUT2D eigenvalue weighted by molar-refractivity contribution is 5.69. The fraction of sp³-hybridized carbons (Fsp3) is 0.250. The van der Waals surface area contributed by atoms with Crippen LogP contribution in [-0.2, 0) is 0 Å². The van der Waals surface area contributed by atoms with Crippen molar-refractivity contribution >= 4 is 17.5 Å². The third-order valence-electron chi connectivity index (χ3n) is 3.94. The molecule has 0 aliphatic rings. The van der Waals surface area contributed by atoms with E-state index in [0.29, 0.717) is 41.9 Å². The molecule has 3 aromatic rings. The Morgan fingerprint density at radius 1 is 1.00 bits per heavy atom.